The van der Waals surface area contributed by atoms with Crippen molar-refractivity contribution in [1.82, 2.24) is 0 Å². The highest BCUT2D eigenvalue weighted by molar-refractivity contribution is 9.10. The van der Waals surface area contributed by atoms with E-state index in [4.69, 9.17) is 0 Å². The van der Waals surface area contributed by atoms with Crippen LogP contribution >= 0.6 is 15.9 Å². The maximum atomic E-state index is 3.59. The van der Waals surface area contributed by atoms with Gasteiger partial charge in [0.05, 0.1) is 0 Å². The van der Waals surface area contributed by atoms with E-state index in [0.717, 1.165) is 24.3 Å². The number of hydrogen-bond donors (Lipinski definition) is 1. The first kappa shape index (κ1) is 10.6. The number of nitrogens with one attached hydrogen (secondary N) is 1. The maximum absolute atomic E-state index is 3.59. The quantitative estimate of drug-likeness (QED) is 0.804. The number of hydrogen-bond acceptors (Lipinski definition) is 1. The lowest BCUT2D eigenvalue weighted by Crippen LogP contribution is -2.17. The lowest BCUT2D eigenvalue weighted by atomic mass is 9.81. The molecule has 86 valence electrons. The van der Waals surface area contributed by atoms with Gasteiger partial charge in [0.2, 0.25) is 0 Å². The molecule has 0 spiro atoms. The van der Waals surface area contributed by atoms with Gasteiger partial charge >= 0.3 is 0 Å². The summed E-state index contributed by atoms with van der Waals surface area (Å²) in [6.07, 6.45) is 4.26. The van der Waals surface area contributed by atoms with Gasteiger partial charge in [-0.05, 0) is 42.0 Å². The van der Waals surface area contributed by atoms with Crippen LogP contribution in [0.25, 0.3) is 0 Å². The van der Waals surface area contributed by atoms with Crippen LogP contribution in [0.3, 0.4) is 0 Å². The SMILES string of the molecule is CC1CCCC1C1CNc2ccc(Br)cc21. The second-order valence-electron chi connectivity index (χ2n) is 5.29. The number of rotatable bonds is 1. The van der Waals surface area contributed by atoms with Crippen LogP contribution in [0.1, 0.15) is 37.7 Å². The molecule has 0 saturated heterocycles. The molecule has 0 amide bonds. The number of fused-ring (bicyclic) bond motifs is 1. The summed E-state index contributed by atoms with van der Waals surface area (Å²) in [4.78, 5) is 0. The molecular formula is C14H18BrN. The lowest BCUT2D eigenvalue weighted by molar-refractivity contribution is 0.361. The van der Waals surface area contributed by atoms with Crippen LogP contribution in [-0.4, -0.2) is 6.54 Å². The second kappa shape index (κ2) is 4.06. The summed E-state index contributed by atoms with van der Waals surface area (Å²) >= 11 is 3.59. The minimum Gasteiger partial charge on any atom is -0.384 e. The highest BCUT2D eigenvalue weighted by Crippen LogP contribution is 2.46. The van der Waals surface area contributed by atoms with Gasteiger partial charge in [-0.1, -0.05) is 35.7 Å². The van der Waals surface area contributed by atoms with Crippen molar-refractivity contribution in [3.8, 4) is 0 Å². The zero-order valence-corrected chi connectivity index (χ0v) is 11.3. The Labute approximate surface area is 106 Å². The Morgan fingerprint density at radius 3 is 2.94 bits per heavy atom. The van der Waals surface area contributed by atoms with Crippen molar-refractivity contribution in [2.75, 3.05) is 11.9 Å². The molecule has 1 aliphatic carbocycles. The average Bonchev–Trinajstić information content (AvgIpc) is 2.83. The first-order chi connectivity index (χ1) is 7.75. The zero-order chi connectivity index (χ0) is 11.1. The summed E-state index contributed by atoms with van der Waals surface area (Å²) in [5.74, 6) is 2.53. The Kier molecular flexibility index (Phi) is 2.70. The summed E-state index contributed by atoms with van der Waals surface area (Å²) in [7, 11) is 0. The summed E-state index contributed by atoms with van der Waals surface area (Å²) in [5, 5.41) is 3.55. The average molecular weight is 280 g/mol. The van der Waals surface area contributed by atoms with Gasteiger partial charge in [-0.2, -0.15) is 0 Å². The van der Waals surface area contributed by atoms with Gasteiger partial charge in [-0.25, -0.2) is 0 Å². The Bertz CT molecular complexity index is 402. The maximum Gasteiger partial charge on any atom is 0.0377 e. The summed E-state index contributed by atoms with van der Waals surface area (Å²) < 4.78 is 1.21. The molecule has 1 nitrogen and oxygen atoms in total. The van der Waals surface area contributed by atoms with E-state index < -0.39 is 0 Å². The first-order valence-corrected chi connectivity index (χ1v) is 7.08. The molecule has 1 aromatic rings. The number of benzene rings is 1. The second-order valence-corrected chi connectivity index (χ2v) is 6.21. The van der Waals surface area contributed by atoms with Gasteiger partial charge in [0.1, 0.15) is 0 Å². The van der Waals surface area contributed by atoms with E-state index >= 15 is 0 Å². The van der Waals surface area contributed by atoms with E-state index in [1.54, 1.807) is 0 Å². The third-order valence-electron chi connectivity index (χ3n) is 4.37. The van der Waals surface area contributed by atoms with Crippen molar-refractivity contribution < 1.29 is 0 Å². The molecule has 0 radical (unpaired) electrons. The Balaban J connectivity index is 1.93. The van der Waals surface area contributed by atoms with Gasteiger partial charge in [0.25, 0.3) is 0 Å². The first-order valence-electron chi connectivity index (χ1n) is 6.29. The molecule has 1 fully saturated rings. The molecule has 3 rings (SSSR count). The van der Waals surface area contributed by atoms with E-state index in [1.165, 1.54) is 35.0 Å². The van der Waals surface area contributed by atoms with Gasteiger partial charge in [-0.15, -0.1) is 0 Å². The molecule has 0 bridgehead atoms. The third kappa shape index (κ3) is 1.67. The Hall–Kier alpha value is -0.500. The van der Waals surface area contributed by atoms with Crippen LogP contribution in [0.15, 0.2) is 22.7 Å². The fraction of sp³-hybridized carbons (Fsp3) is 0.571. The Morgan fingerprint density at radius 2 is 2.19 bits per heavy atom. The molecule has 1 saturated carbocycles. The van der Waals surface area contributed by atoms with Crippen LogP contribution in [0.4, 0.5) is 5.69 Å². The molecule has 16 heavy (non-hydrogen) atoms. The van der Waals surface area contributed by atoms with Crippen LogP contribution in [0.5, 0.6) is 0 Å². The molecule has 2 heteroatoms. The predicted octanol–water partition coefficient (Wildman–Crippen LogP) is 4.39. The fourth-order valence-electron chi connectivity index (χ4n) is 3.49. The molecule has 1 aliphatic heterocycles. The van der Waals surface area contributed by atoms with Crippen LogP contribution in [0, 0.1) is 11.8 Å². The molecule has 3 unspecified atom stereocenters. The van der Waals surface area contributed by atoms with Gasteiger partial charge in [0, 0.05) is 22.6 Å². The Morgan fingerprint density at radius 1 is 1.31 bits per heavy atom. The molecule has 1 aromatic carbocycles. The van der Waals surface area contributed by atoms with Crippen molar-refractivity contribution in [1.29, 1.82) is 0 Å². The summed E-state index contributed by atoms with van der Waals surface area (Å²) in [6.45, 7) is 3.56. The van der Waals surface area contributed by atoms with E-state index in [0.29, 0.717) is 0 Å². The molecule has 1 N–H and O–H groups in total. The van der Waals surface area contributed by atoms with E-state index in [1.807, 2.05) is 0 Å². The standard InChI is InChI=1S/C14H18BrN/c1-9-3-2-4-11(9)13-8-16-14-6-5-10(15)7-12(13)14/h5-7,9,11,13,16H,2-4,8H2,1H3. The largest absolute Gasteiger partial charge is 0.384 e. The number of halogens is 1. The van der Waals surface area contributed by atoms with Crippen molar-refractivity contribution in [3.63, 3.8) is 0 Å². The normalized spacial score (nSPS) is 32.5. The van der Waals surface area contributed by atoms with Crippen LogP contribution < -0.4 is 5.32 Å². The van der Waals surface area contributed by atoms with Crippen LogP contribution in [0.2, 0.25) is 0 Å². The molecule has 0 aromatic heterocycles. The minimum atomic E-state index is 0.741. The summed E-state index contributed by atoms with van der Waals surface area (Å²) in [6, 6.07) is 6.65. The minimum absolute atomic E-state index is 0.741. The third-order valence-corrected chi connectivity index (χ3v) is 4.86. The highest BCUT2D eigenvalue weighted by atomic mass is 79.9. The molecule has 1 heterocycles. The predicted molar refractivity (Wildman–Crippen MR) is 71.9 cm³/mol. The molecule has 2 aliphatic rings. The van der Waals surface area contributed by atoms with Crippen molar-refractivity contribution in [3.05, 3.63) is 28.2 Å². The van der Waals surface area contributed by atoms with E-state index in [-0.39, 0.29) is 0 Å². The van der Waals surface area contributed by atoms with E-state index in [9.17, 15) is 0 Å². The smallest absolute Gasteiger partial charge is 0.0377 e. The van der Waals surface area contributed by atoms with Gasteiger partial charge < -0.3 is 5.32 Å². The lowest BCUT2D eigenvalue weighted by Gasteiger charge is -2.22. The zero-order valence-electron chi connectivity index (χ0n) is 9.67. The monoisotopic (exact) mass is 279 g/mol. The number of anilines is 1. The fourth-order valence-corrected chi connectivity index (χ4v) is 3.86. The molecular weight excluding hydrogens is 262 g/mol. The molecule has 3 atom stereocenters. The van der Waals surface area contributed by atoms with Crippen molar-refractivity contribution >= 4 is 21.6 Å². The topological polar surface area (TPSA) is 12.0 Å². The van der Waals surface area contributed by atoms with Crippen molar-refractivity contribution in [2.45, 2.75) is 32.1 Å². The van der Waals surface area contributed by atoms with Gasteiger partial charge in [0.15, 0.2) is 0 Å². The van der Waals surface area contributed by atoms with Crippen LogP contribution in [-0.2, 0) is 0 Å². The van der Waals surface area contributed by atoms with Gasteiger partial charge in [-0.3, -0.25) is 0 Å². The van der Waals surface area contributed by atoms with E-state index in [2.05, 4.69) is 46.4 Å². The summed E-state index contributed by atoms with van der Waals surface area (Å²) in [5.41, 5.74) is 2.89. The highest BCUT2D eigenvalue weighted by Gasteiger charge is 2.35. The van der Waals surface area contributed by atoms with Crippen molar-refractivity contribution in [2.24, 2.45) is 11.8 Å².